The molecule has 4 nitrogen and oxygen atoms in total. The summed E-state index contributed by atoms with van der Waals surface area (Å²) in [6, 6.07) is 0. The Morgan fingerprint density at radius 3 is 2.45 bits per heavy atom. The minimum Gasteiger partial charge on any atom is -0.366 e. The van der Waals surface area contributed by atoms with Gasteiger partial charge in [0.25, 0.3) is 0 Å². The molecule has 0 aliphatic rings. The average molecular weight is 182 g/mol. The largest absolute Gasteiger partial charge is 0.366 e. The second kappa shape index (κ2) is 4.88. The normalized spacial score (nSPS) is 16.8. The fraction of sp³-hybridized carbons (Fsp3) is 1.00. The lowest BCUT2D eigenvalue weighted by Crippen LogP contribution is -2.05. The Morgan fingerprint density at radius 1 is 1.55 bits per heavy atom. The van der Waals surface area contributed by atoms with E-state index in [1.165, 1.54) is 0 Å². The number of rotatable bonds is 5. The van der Waals surface area contributed by atoms with E-state index >= 15 is 0 Å². The molecule has 0 aliphatic carbocycles. The molecule has 0 spiro atoms. The lowest BCUT2D eigenvalue weighted by Gasteiger charge is -2.12. The zero-order valence-corrected chi connectivity index (χ0v) is 8.01. The van der Waals surface area contributed by atoms with Gasteiger partial charge in [-0.1, -0.05) is 0 Å². The van der Waals surface area contributed by atoms with Crippen molar-refractivity contribution in [3.63, 3.8) is 0 Å². The van der Waals surface area contributed by atoms with Crippen LogP contribution >= 0.6 is 7.60 Å². The molecule has 0 aromatic heterocycles. The summed E-state index contributed by atoms with van der Waals surface area (Å²) in [6.07, 6.45) is -0.269. The lowest BCUT2D eigenvalue weighted by atomic mass is 10.5. The van der Waals surface area contributed by atoms with Crippen molar-refractivity contribution in [2.24, 2.45) is 0 Å². The summed E-state index contributed by atoms with van der Waals surface area (Å²) in [5.74, 6) is 0. The lowest BCUT2D eigenvalue weighted by molar-refractivity contribution is 0.0960. The maximum Gasteiger partial charge on any atom is 0.353 e. The first kappa shape index (κ1) is 11.1. The molecule has 0 fully saturated rings. The van der Waals surface area contributed by atoms with Crippen molar-refractivity contribution in [2.45, 2.75) is 26.9 Å². The summed E-state index contributed by atoms with van der Waals surface area (Å²) < 4.78 is 20.4. The van der Waals surface area contributed by atoms with Gasteiger partial charge in [0.05, 0.1) is 12.7 Å². The van der Waals surface area contributed by atoms with Crippen molar-refractivity contribution in [1.29, 1.82) is 0 Å². The van der Waals surface area contributed by atoms with Crippen molar-refractivity contribution in [3.05, 3.63) is 0 Å². The molecular weight excluding hydrogens is 167 g/mol. The van der Waals surface area contributed by atoms with Gasteiger partial charge in [-0.2, -0.15) is 0 Å². The highest BCUT2D eigenvalue weighted by molar-refractivity contribution is 7.52. The van der Waals surface area contributed by atoms with Crippen LogP contribution in [0.15, 0.2) is 0 Å². The van der Waals surface area contributed by atoms with Gasteiger partial charge in [0.1, 0.15) is 6.35 Å². The summed E-state index contributed by atoms with van der Waals surface area (Å²) in [4.78, 5) is 8.97. The number of ether oxygens (including phenoxy) is 1. The summed E-state index contributed by atoms with van der Waals surface area (Å²) in [5, 5.41) is 0. The molecule has 0 aliphatic heterocycles. The molecule has 5 heteroatoms. The first-order chi connectivity index (χ1) is 4.98. The van der Waals surface area contributed by atoms with Gasteiger partial charge in [0.15, 0.2) is 0 Å². The summed E-state index contributed by atoms with van der Waals surface area (Å²) in [5.41, 5.74) is 0. The molecule has 0 heterocycles. The summed E-state index contributed by atoms with van der Waals surface area (Å²) in [7, 11) is -3.47. The van der Waals surface area contributed by atoms with E-state index in [9.17, 15) is 4.57 Å². The molecule has 0 rings (SSSR count). The third-order valence-corrected chi connectivity index (χ3v) is 2.04. The molecule has 0 saturated carbocycles. The van der Waals surface area contributed by atoms with E-state index in [-0.39, 0.29) is 19.1 Å². The Bertz CT molecular complexity index is 146. The van der Waals surface area contributed by atoms with Gasteiger partial charge >= 0.3 is 7.60 Å². The van der Waals surface area contributed by atoms with Crippen LogP contribution < -0.4 is 0 Å². The maximum absolute atomic E-state index is 10.9. The summed E-state index contributed by atoms with van der Waals surface area (Å²) >= 11 is 0. The standard InChI is InChI=1S/C6H15O4P/c1-4-10-11(7,8)5-9-6(2)3/h6H,4-5H2,1-3H3,(H,7,8). The molecule has 11 heavy (non-hydrogen) atoms. The molecule has 1 unspecified atom stereocenters. The number of hydrogen-bond acceptors (Lipinski definition) is 3. The Labute approximate surface area is 67.0 Å². The van der Waals surface area contributed by atoms with Crippen LogP contribution in [-0.4, -0.2) is 24.0 Å². The summed E-state index contributed by atoms with van der Waals surface area (Å²) in [6.45, 7) is 5.49. The first-order valence-electron chi connectivity index (χ1n) is 3.56. The van der Waals surface area contributed by atoms with E-state index in [1.807, 2.05) is 0 Å². The van der Waals surface area contributed by atoms with Gasteiger partial charge in [-0.3, -0.25) is 4.57 Å². The van der Waals surface area contributed by atoms with Gasteiger partial charge in [-0.25, -0.2) is 0 Å². The third kappa shape index (κ3) is 6.51. The average Bonchev–Trinajstić information content (AvgIpc) is 1.84. The second-order valence-corrected chi connectivity index (χ2v) is 4.19. The first-order valence-corrected chi connectivity index (χ1v) is 5.32. The molecule has 0 aromatic rings. The Kier molecular flexibility index (Phi) is 4.93. The van der Waals surface area contributed by atoms with Crippen molar-refractivity contribution < 1.29 is 18.7 Å². The number of hydrogen-bond donors (Lipinski definition) is 1. The van der Waals surface area contributed by atoms with Crippen molar-refractivity contribution >= 4 is 7.60 Å². The van der Waals surface area contributed by atoms with Crippen LogP contribution in [0.5, 0.6) is 0 Å². The van der Waals surface area contributed by atoms with E-state index < -0.39 is 7.60 Å². The smallest absolute Gasteiger partial charge is 0.353 e. The van der Waals surface area contributed by atoms with E-state index in [2.05, 4.69) is 4.52 Å². The highest BCUT2D eigenvalue weighted by Crippen LogP contribution is 2.41. The predicted octanol–water partition coefficient (Wildman–Crippen LogP) is 1.59. The zero-order chi connectivity index (χ0) is 8.91. The predicted molar refractivity (Wildman–Crippen MR) is 42.5 cm³/mol. The van der Waals surface area contributed by atoms with E-state index in [4.69, 9.17) is 9.63 Å². The van der Waals surface area contributed by atoms with Crippen molar-refractivity contribution in [1.82, 2.24) is 0 Å². The minimum atomic E-state index is -3.47. The fourth-order valence-electron chi connectivity index (χ4n) is 0.482. The van der Waals surface area contributed by atoms with Crippen LogP contribution in [0.1, 0.15) is 20.8 Å². The Hall–Kier alpha value is 0.110. The van der Waals surface area contributed by atoms with Gasteiger partial charge in [-0.15, -0.1) is 0 Å². The van der Waals surface area contributed by atoms with Crippen molar-refractivity contribution in [3.8, 4) is 0 Å². The van der Waals surface area contributed by atoms with Gasteiger partial charge in [-0.05, 0) is 20.8 Å². The van der Waals surface area contributed by atoms with E-state index in [0.717, 1.165) is 0 Å². The molecule has 0 amide bonds. The zero-order valence-electron chi connectivity index (χ0n) is 7.11. The van der Waals surface area contributed by atoms with Gasteiger partial charge < -0.3 is 14.2 Å². The molecule has 0 bridgehead atoms. The molecule has 1 N–H and O–H groups in total. The SMILES string of the molecule is CCOP(=O)(O)COC(C)C. The van der Waals surface area contributed by atoms with Crippen LogP contribution in [0, 0.1) is 0 Å². The molecule has 68 valence electrons. The van der Waals surface area contributed by atoms with Crippen LogP contribution in [0.4, 0.5) is 0 Å². The van der Waals surface area contributed by atoms with Crippen LogP contribution in [0.25, 0.3) is 0 Å². The van der Waals surface area contributed by atoms with Crippen molar-refractivity contribution in [2.75, 3.05) is 13.0 Å². The molecule has 1 atom stereocenters. The Balaban J connectivity index is 3.64. The second-order valence-electron chi connectivity index (χ2n) is 2.40. The quantitative estimate of drug-likeness (QED) is 0.656. The van der Waals surface area contributed by atoms with E-state index in [0.29, 0.717) is 0 Å². The third-order valence-electron chi connectivity index (χ3n) is 0.902. The monoisotopic (exact) mass is 182 g/mol. The molecular formula is C6H15O4P. The highest BCUT2D eigenvalue weighted by Gasteiger charge is 2.18. The Morgan fingerprint density at radius 2 is 2.09 bits per heavy atom. The van der Waals surface area contributed by atoms with Gasteiger partial charge in [0, 0.05) is 0 Å². The fourth-order valence-corrected chi connectivity index (χ4v) is 1.45. The molecule has 0 aromatic carbocycles. The van der Waals surface area contributed by atoms with Crippen LogP contribution in [0.3, 0.4) is 0 Å². The van der Waals surface area contributed by atoms with Gasteiger partial charge in [0.2, 0.25) is 0 Å². The maximum atomic E-state index is 10.9. The molecule has 0 saturated heterocycles. The highest BCUT2D eigenvalue weighted by atomic mass is 31.2. The van der Waals surface area contributed by atoms with Crippen LogP contribution in [-0.2, 0) is 13.8 Å². The molecule has 0 radical (unpaired) electrons. The van der Waals surface area contributed by atoms with Crippen LogP contribution in [0.2, 0.25) is 0 Å². The topological polar surface area (TPSA) is 55.8 Å². The van der Waals surface area contributed by atoms with E-state index in [1.54, 1.807) is 20.8 Å². The minimum absolute atomic E-state index is 0.0454.